The molecule has 0 aliphatic heterocycles. The van der Waals surface area contributed by atoms with E-state index in [1.165, 1.54) is 0 Å². The number of rotatable bonds is 3. The molecule has 13 heavy (non-hydrogen) atoms. The van der Waals surface area contributed by atoms with Gasteiger partial charge in [-0.3, -0.25) is 0 Å². The lowest BCUT2D eigenvalue weighted by Gasteiger charge is -2.17. The Bertz CT molecular complexity index is 300. The van der Waals surface area contributed by atoms with Gasteiger partial charge in [0, 0.05) is 23.8 Å². The molecule has 0 radical (unpaired) electrons. The van der Waals surface area contributed by atoms with Gasteiger partial charge in [-0.1, -0.05) is 15.9 Å². The van der Waals surface area contributed by atoms with Crippen LogP contribution in [-0.4, -0.2) is 13.6 Å². The van der Waals surface area contributed by atoms with Gasteiger partial charge in [0.05, 0.1) is 12.5 Å². The zero-order valence-corrected chi connectivity index (χ0v) is 9.08. The van der Waals surface area contributed by atoms with Crippen molar-refractivity contribution >= 4 is 21.6 Å². The second-order valence-electron chi connectivity index (χ2n) is 2.81. The molecule has 0 aliphatic rings. The zero-order valence-electron chi connectivity index (χ0n) is 7.50. The molecule has 0 bridgehead atoms. The van der Waals surface area contributed by atoms with Gasteiger partial charge in [0.15, 0.2) is 0 Å². The first-order valence-electron chi connectivity index (χ1n) is 4.07. The summed E-state index contributed by atoms with van der Waals surface area (Å²) >= 11 is 3.38. The fraction of sp³-hybridized carbons (Fsp3) is 0.300. The number of nitrogens with zero attached hydrogens (tertiary/aromatic N) is 2. The Morgan fingerprint density at radius 2 is 2.00 bits per heavy atom. The second-order valence-corrected chi connectivity index (χ2v) is 3.72. The first-order valence-corrected chi connectivity index (χ1v) is 4.87. The molecule has 0 saturated carbocycles. The lowest BCUT2D eigenvalue weighted by Crippen LogP contribution is -2.17. The Balaban J connectivity index is 2.62. The molecule has 0 N–H and O–H groups in total. The van der Waals surface area contributed by atoms with Gasteiger partial charge in [-0.2, -0.15) is 5.26 Å². The lowest BCUT2D eigenvalue weighted by molar-refractivity contribution is 0.905. The molecule has 0 heterocycles. The van der Waals surface area contributed by atoms with E-state index in [-0.39, 0.29) is 0 Å². The van der Waals surface area contributed by atoms with Crippen LogP contribution in [0.5, 0.6) is 0 Å². The largest absolute Gasteiger partial charge is 0.374 e. The van der Waals surface area contributed by atoms with Crippen LogP contribution >= 0.6 is 15.9 Å². The lowest BCUT2D eigenvalue weighted by atomic mass is 10.3. The van der Waals surface area contributed by atoms with E-state index in [1.807, 2.05) is 31.3 Å². The molecule has 2 nitrogen and oxygen atoms in total. The minimum atomic E-state index is 0.562. The van der Waals surface area contributed by atoms with Gasteiger partial charge in [-0.25, -0.2) is 0 Å². The average molecular weight is 239 g/mol. The third kappa shape index (κ3) is 3.08. The molecule has 0 amide bonds. The molecular weight excluding hydrogens is 228 g/mol. The van der Waals surface area contributed by atoms with Crippen molar-refractivity contribution in [1.82, 2.24) is 0 Å². The summed E-state index contributed by atoms with van der Waals surface area (Å²) < 4.78 is 1.07. The smallest absolute Gasteiger partial charge is 0.0640 e. The van der Waals surface area contributed by atoms with Crippen LogP contribution in [0.1, 0.15) is 6.42 Å². The number of anilines is 1. The van der Waals surface area contributed by atoms with Gasteiger partial charge in [-0.15, -0.1) is 0 Å². The zero-order chi connectivity index (χ0) is 9.68. The third-order valence-corrected chi connectivity index (χ3v) is 2.36. The highest BCUT2D eigenvalue weighted by molar-refractivity contribution is 9.10. The van der Waals surface area contributed by atoms with Crippen LogP contribution in [0.4, 0.5) is 5.69 Å². The highest BCUT2D eigenvalue weighted by Crippen LogP contribution is 2.16. The Hall–Kier alpha value is -1.01. The molecule has 1 rings (SSSR count). The maximum absolute atomic E-state index is 8.42. The molecule has 0 fully saturated rings. The van der Waals surface area contributed by atoms with Gasteiger partial charge in [0.2, 0.25) is 0 Å². The summed E-state index contributed by atoms with van der Waals surface area (Å²) in [4.78, 5) is 2.07. The Morgan fingerprint density at radius 1 is 1.38 bits per heavy atom. The van der Waals surface area contributed by atoms with E-state index in [4.69, 9.17) is 5.26 Å². The summed E-state index contributed by atoms with van der Waals surface area (Å²) in [6, 6.07) is 10.2. The normalized spacial score (nSPS) is 9.31. The summed E-state index contributed by atoms with van der Waals surface area (Å²) in [5, 5.41) is 8.42. The van der Waals surface area contributed by atoms with Crippen LogP contribution in [0.3, 0.4) is 0 Å². The standard InChI is InChI=1S/C10H11BrN2/c1-13(8-2-7-12)10-5-3-9(11)4-6-10/h3-6H,2,8H2,1H3. The van der Waals surface area contributed by atoms with Crippen molar-refractivity contribution in [2.24, 2.45) is 0 Å². The Kier molecular flexibility index (Phi) is 3.78. The number of hydrogen-bond acceptors (Lipinski definition) is 2. The predicted molar refractivity (Wildman–Crippen MR) is 57.6 cm³/mol. The molecule has 0 spiro atoms. The van der Waals surface area contributed by atoms with Crippen molar-refractivity contribution in [3.05, 3.63) is 28.7 Å². The first kappa shape index (κ1) is 10.1. The molecule has 0 unspecified atom stereocenters. The SMILES string of the molecule is CN(CCC#N)c1ccc(Br)cc1. The van der Waals surface area contributed by atoms with Crippen molar-refractivity contribution in [2.75, 3.05) is 18.5 Å². The first-order chi connectivity index (χ1) is 6.24. The molecular formula is C10H11BrN2. The van der Waals surface area contributed by atoms with Crippen LogP contribution in [0.25, 0.3) is 0 Å². The number of nitriles is 1. The summed E-state index contributed by atoms with van der Waals surface area (Å²) in [5.41, 5.74) is 1.14. The molecule has 1 aromatic carbocycles. The van der Waals surface area contributed by atoms with E-state index in [0.717, 1.165) is 16.7 Å². The molecule has 3 heteroatoms. The fourth-order valence-electron chi connectivity index (χ4n) is 1.04. The fourth-order valence-corrected chi connectivity index (χ4v) is 1.31. The third-order valence-electron chi connectivity index (χ3n) is 1.83. The van der Waals surface area contributed by atoms with Gasteiger partial charge in [0.25, 0.3) is 0 Å². The summed E-state index contributed by atoms with van der Waals surface area (Å²) in [6.45, 7) is 0.776. The van der Waals surface area contributed by atoms with E-state index in [1.54, 1.807) is 0 Å². The van der Waals surface area contributed by atoms with Crippen LogP contribution < -0.4 is 4.90 Å². The average Bonchev–Trinajstić information content (AvgIpc) is 2.15. The van der Waals surface area contributed by atoms with Crippen molar-refractivity contribution in [3.63, 3.8) is 0 Å². The van der Waals surface area contributed by atoms with Gasteiger partial charge >= 0.3 is 0 Å². The second kappa shape index (κ2) is 4.88. The number of benzene rings is 1. The van der Waals surface area contributed by atoms with Gasteiger partial charge in [-0.05, 0) is 24.3 Å². The van der Waals surface area contributed by atoms with E-state index in [0.29, 0.717) is 6.42 Å². The quantitative estimate of drug-likeness (QED) is 0.810. The van der Waals surface area contributed by atoms with E-state index < -0.39 is 0 Å². The topological polar surface area (TPSA) is 27.0 Å². The van der Waals surface area contributed by atoms with Crippen molar-refractivity contribution in [1.29, 1.82) is 5.26 Å². The highest BCUT2D eigenvalue weighted by Gasteiger charge is 1.98. The number of halogens is 1. The van der Waals surface area contributed by atoms with Crippen LogP contribution in [0.2, 0.25) is 0 Å². The Morgan fingerprint density at radius 3 is 2.54 bits per heavy atom. The molecule has 68 valence electrons. The van der Waals surface area contributed by atoms with E-state index in [2.05, 4.69) is 26.9 Å². The monoisotopic (exact) mass is 238 g/mol. The summed E-state index contributed by atoms with van der Waals surface area (Å²) in [7, 11) is 1.99. The van der Waals surface area contributed by atoms with Crippen molar-refractivity contribution in [2.45, 2.75) is 6.42 Å². The minimum absolute atomic E-state index is 0.562. The maximum atomic E-state index is 8.42. The summed E-state index contributed by atoms with van der Waals surface area (Å²) in [5.74, 6) is 0. The van der Waals surface area contributed by atoms with Crippen LogP contribution in [-0.2, 0) is 0 Å². The van der Waals surface area contributed by atoms with E-state index in [9.17, 15) is 0 Å². The number of hydrogen-bond donors (Lipinski definition) is 0. The molecule has 0 aromatic heterocycles. The van der Waals surface area contributed by atoms with Gasteiger partial charge in [0.1, 0.15) is 0 Å². The maximum Gasteiger partial charge on any atom is 0.0640 e. The summed E-state index contributed by atoms with van der Waals surface area (Å²) in [6.07, 6.45) is 0.562. The van der Waals surface area contributed by atoms with E-state index >= 15 is 0 Å². The van der Waals surface area contributed by atoms with Crippen molar-refractivity contribution < 1.29 is 0 Å². The van der Waals surface area contributed by atoms with Crippen molar-refractivity contribution in [3.8, 4) is 6.07 Å². The molecule has 0 saturated heterocycles. The van der Waals surface area contributed by atoms with Crippen LogP contribution in [0.15, 0.2) is 28.7 Å². The Labute approximate surface area is 86.9 Å². The minimum Gasteiger partial charge on any atom is -0.374 e. The molecule has 1 aromatic rings. The highest BCUT2D eigenvalue weighted by atomic mass is 79.9. The van der Waals surface area contributed by atoms with Crippen LogP contribution in [0, 0.1) is 11.3 Å². The van der Waals surface area contributed by atoms with Gasteiger partial charge < -0.3 is 4.90 Å². The molecule has 0 aliphatic carbocycles. The molecule has 0 atom stereocenters. The predicted octanol–water partition coefficient (Wildman–Crippen LogP) is 2.80.